The van der Waals surface area contributed by atoms with Gasteiger partial charge in [0.25, 0.3) is 0 Å². The monoisotopic (exact) mass is 632 g/mol. The summed E-state index contributed by atoms with van der Waals surface area (Å²) in [5.41, 5.74) is 8.56. The molecule has 0 bridgehead atoms. The van der Waals surface area contributed by atoms with Crippen molar-refractivity contribution in [3.8, 4) is 22.3 Å². The van der Waals surface area contributed by atoms with Gasteiger partial charge in [0, 0.05) is 44.0 Å². The molecular weight excluding hydrogens is 599 g/mol. The molecule has 0 radical (unpaired) electrons. The van der Waals surface area contributed by atoms with Crippen LogP contribution >= 0.6 is 0 Å². The number of rotatable bonds is 5. The number of para-hydroxylation sites is 2. The Morgan fingerprint density at radius 1 is 0.388 bits per heavy atom. The summed E-state index contributed by atoms with van der Waals surface area (Å²) >= 11 is 0. The molecule has 2 aromatic heterocycles. The zero-order valence-electron chi connectivity index (χ0n) is 31.1. The molecule has 0 aliphatic carbocycles. The fourth-order valence-electron chi connectivity index (χ4n) is 7.17. The molecule has 0 spiro atoms. The van der Waals surface area contributed by atoms with Crippen molar-refractivity contribution in [2.24, 2.45) is 0 Å². The van der Waals surface area contributed by atoms with Gasteiger partial charge < -0.3 is 13.7 Å². The average Bonchev–Trinajstić information content (AvgIpc) is 3.80. The van der Waals surface area contributed by atoms with Gasteiger partial charge >= 0.3 is 0 Å². The zero-order valence-corrected chi connectivity index (χ0v) is 26.1. The van der Waals surface area contributed by atoms with Crippen molar-refractivity contribution in [1.82, 2.24) is 0 Å². The summed E-state index contributed by atoms with van der Waals surface area (Å²) in [5.74, 6) is 0. The topological polar surface area (TPSA) is 29.5 Å². The van der Waals surface area contributed by atoms with Crippen LogP contribution in [-0.2, 0) is 0 Å². The van der Waals surface area contributed by atoms with Gasteiger partial charge in [-0.2, -0.15) is 0 Å². The van der Waals surface area contributed by atoms with E-state index in [1.165, 1.54) is 0 Å². The van der Waals surface area contributed by atoms with Crippen LogP contribution in [0, 0.1) is 0 Å². The predicted molar refractivity (Wildman–Crippen MR) is 204 cm³/mol. The minimum absolute atomic E-state index is 0.0759. The first kappa shape index (κ1) is 22.9. The maximum absolute atomic E-state index is 8.90. The van der Waals surface area contributed by atoms with Crippen molar-refractivity contribution in [3.05, 3.63) is 176 Å². The molecular formula is C46H29NO2. The van der Waals surface area contributed by atoms with Gasteiger partial charge in [-0.25, -0.2) is 0 Å². The first-order valence-corrected chi connectivity index (χ1v) is 16.2. The van der Waals surface area contributed by atoms with Gasteiger partial charge in [-0.05, 0) is 88.3 Å². The lowest BCUT2D eigenvalue weighted by Crippen LogP contribution is -2.09. The van der Waals surface area contributed by atoms with Crippen molar-refractivity contribution >= 4 is 71.7 Å². The van der Waals surface area contributed by atoms with Crippen LogP contribution in [0.25, 0.3) is 76.9 Å². The maximum Gasteiger partial charge on any atom is 0.136 e. The number of furan rings is 2. The molecule has 10 aromatic rings. The van der Waals surface area contributed by atoms with Crippen LogP contribution < -0.4 is 4.90 Å². The van der Waals surface area contributed by atoms with Crippen molar-refractivity contribution in [2.75, 3.05) is 4.90 Å². The van der Waals surface area contributed by atoms with Crippen LogP contribution in [0.2, 0.25) is 0 Å². The summed E-state index contributed by atoms with van der Waals surface area (Å²) in [6, 6.07) is 46.3. The second kappa shape index (κ2) is 11.0. The van der Waals surface area contributed by atoms with Crippen LogP contribution in [0.1, 0.15) is 6.85 Å². The van der Waals surface area contributed by atoms with Gasteiger partial charge in [0.05, 0.1) is 6.85 Å². The van der Waals surface area contributed by atoms with E-state index in [1.54, 1.807) is 4.90 Å². The molecule has 49 heavy (non-hydrogen) atoms. The molecule has 0 amide bonds. The van der Waals surface area contributed by atoms with Crippen LogP contribution in [0.3, 0.4) is 0 Å². The van der Waals surface area contributed by atoms with E-state index in [1.807, 2.05) is 121 Å². The van der Waals surface area contributed by atoms with E-state index in [9.17, 15) is 0 Å². The van der Waals surface area contributed by atoms with Gasteiger partial charge in [-0.15, -0.1) is 0 Å². The molecule has 0 saturated heterocycles. The second-order valence-corrected chi connectivity index (χ2v) is 12.1. The summed E-state index contributed by atoms with van der Waals surface area (Å²) in [5, 5.41) is 6.26. The van der Waals surface area contributed by atoms with Crippen LogP contribution in [0.15, 0.2) is 185 Å². The summed E-state index contributed by atoms with van der Waals surface area (Å²) in [6.07, 6.45) is 0. The van der Waals surface area contributed by atoms with Crippen molar-refractivity contribution in [1.29, 1.82) is 0 Å². The Kier molecular flexibility index (Phi) is 5.13. The highest BCUT2D eigenvalue weighted by molar-refractivity contribution is 6.32. The number of benzene rings is 8. The van der Waals surface area contributed by atoms with Crippen LogP contribution in [-0.4, -0.2) is 0 Å². The minimum atomic E-state index is -0.433. The Hall–Kier alpha value is -6.58. The second-order valence-electron chi connectivity index (χ2n) is 12.1. The number of nitrogens with zero attached hydrogens (tertiary/aromatic N) is 1. The largest absolute Gasteiger partial charge is 0.456 e. The van der Waals surface area contributed by atoms with Gasteiger partial charge in [-0.1, -0.05) is 115 Å². The van der Waals surface area contributed by atoms with Gasteiger partial charge in [0.1, 0.15) is 22.3 Å². The summed E-state index contributed by atoms with van der Waals surface area (Å²) in [4.78, 5) is 1.74. The fraction of sp³-hybridized carbons (Fsp3) is 0. The van der Waals surface area contributed by atoms with Gasteiger partial charge in [0.15, 0.2) is 0 Å². The van der Waals surface area contributed by atoms with E-state index in [0.717, 1.165) is 76.9 Å². The van der Waals surface area contributed by atoms with Crippen molar-refractivity contribution in [3.63, 3.8) is 0 Å². The average molecular weight is 633 g/mol. The summed E-state index contributed by atoms with van der Waals surface area (Å²) < 4.78 is 55.8. The third-order valence-corrected chi connectivity index (χ3v) is 9.36. The third kappa shape index (κ3) is 4.44. The SMILES string of the molecule is [2H]c1c([2H])c([2H])c(N(c2ccc(-c3ccccc3)cc2)c2ccc(-c3cccc4oc5ccc6ccc7oc8ccccc8c7c6c5c34)cc2)c([2H])c1[2H]. The van der Waals surface area contributed by atoms with Gasteiger partial charge in [0.2, 0.25) is 0 Å². The minimum Gasteiger partial charge on any atom is -0.456 e. The molecule has 0 saturated carbocycles. The first-order valence-electron chi connectivity index (χ1n) is 18.7. The fourth-order valence-corrected chi connectivity index (χ4v) is 7.17. The highest BCUT2D eigenvalue weighted by Gasteiger charge is 2.20. The molecule has 3 heteroatoms. The lowest BCUT2D eigenvalue weighted by atomic mass is 9.94. The molecule has 0 aliphatic rings. The van der Waals surface area contributed by atoms with E-state index >= 15 is 0 Å². The Labute approximate surface area is 289 Å². The normalized spacial score (nSPS) is 13.1. The molecule has 8 aromatic carbocycles. The van der Waals surface area contributed by atoms with Crippen molar-refractivity contribution < 1.29 is 15.7 Å². The molecule has 10 rings (SSSR count). The lowest BCUT2D eigenvalue weighted by molar-refractivity contribution is 0.669. The Bertz CT molecular complexity index is 3060. The molecule has 0 atom stereocenters. The highest BCUT2D eigenvalue weighted by atomic mass is 16.3. The van der Waals surface area contributed by atoms with E-state index in [2.05, 4.69) is 24.3 Å². The first-order chi connectivity index (χ1) is 26.4. The molecule has 0 N–H and O–H groups in total. The van der Waals surface area contributed by atoms with Crippen molar-refractivity contribution in [2.45, 2.75) is 0 Å². The van der Waals surface area contributed by atoms with E-state index < -0.39 is 18.1 Å². The molecule has 0 aliphatic heterocycles. The Balaban J connectivity index is 1.16. The van der Waals surface area contributed by atoms with E-state index in [4.69, 9.17) is 15.7 Å². The smallest absolute Gasteiger partial charge is 0.136 e. The lowest BCUT2D eigenvalue weighted by Gasteiger charge is -2.26. The van der Waals surface area contributed by atoms with E-state index in [-0.39, 0.29) is 17.8 Å². The number of fused-ring (bicyclic) bond motifs is 9. The van der Waals surface area contributed by atoms with Gasteiger partial charge in [-0.3, -0.25) is 0 Å². The standard InChI is InChI=1S/C46H29NO2/c1-3-10-30(11-4-1)31-18-24-35(25-19-31)47(34-12-5-2-6-13-34)36-26-20-32(21-27-36)37-15-9-17-40-44(37)46-42(49-40)29-23-33-22-28-41-45(43(33)46)38-14-7-8-16-39(38)48-41/h1-29H/i2D,5D,6D,12D,13D. The van der Waals surface area contributed by atoms with Crippen LogP contribution in [0.4, 0.5) is 17.1 Å². The zero-order chi connectivity index (χ0) is 36.7. The molecule has 2 heterocycles. The Morgan fingerprint density at radius 2 is 0.980 bits per heavy atom. The third-order valence-electron chi connectivity index (χ3n) is 9.36. The maximum atomic E-state index is 8.90. The molecule has 230 valence electrons. The van der Waals surface area contributed by atoms with Crippen LogP contribution in [0.5, 0.6) is 0 Å². The molecule has 3 nitrogen and oxygen atoms in total. The number of hydrogen-bond acceptors (Lipinski definition) is 3. The van der Waals surface area contributed by atoms with E-state index in [0.29, 0.717) is 11.4 Å². The summed E-state index contributed by atoms with van der Waals surface area (Å²) in [6.45, 7) is 0. The molecule has 0 unspecified atom stereocenters. The number of anilines is 3. The summed E-state index contributed by atoms with van der Waals surface area (Å²) in [7, 11) is 0. The predicted octanol–water partition coefficient (Wildman–Crippen LogP) is 13.4. The Morgan fingerprint density at radius 3 is 1.73 bits per heavy atom. The quantitative estimate of drug-likeness (QED) is 0.189. The molecule has 0 fully saturated rings. The number of hydrogen-bond donors (Lipinski definition) is 0. The highest BCUT2D eigenvalue weighted by Crippen LogP contribution is 2.45.